The summed E-state index contributed by atoms with van der Waals surface area (Å²) in [6.45, 7) is 3.70. The molecule has 0 aliphatic rings. The van der Waals surface area contributed by atoms with Crippen molar-refractivity contribution in [3.8, 4) is 0 Å². The molecular formula is C14H17F2N5. The van der Waals surface area contributed by atoms with Gasteiger partial charge in [-0.2, -0.15) is 0 Å². The molecule has 1 aromatic carbocycles. The molecule has 2 aromatic rings. The predicted molar refractivity (Wildman–Crippen MR) is 78.2 cm³/mol. The number of rotatable bonds is 5. The normalized spacial score (nSPS) is 10.5. The highest BCUT2D eigenvalue weighted by atomic mass is 19.1. The van der Waals surface area contributed by atoms with E-state index in [0.717, 1.165) is 6.42 Å². The molecule has 112 valence electrons. The van der Waals surface area contributed by atoms with Crippen LogP contribution in [-0.2, 0) is 6.42 Å². The number of hydrogen-bond acceptors (Lipinski definition) is 5. The second-order valence-corrected chi connectivity index (χ2v) is 4.58. The molecule has 0 unspecified atom stereocenters. The van der Waals surface area contributed by atoms with E-state index < -0.39 is 11.6 Å². The lowest BCUT2D eigenvalue weighted by molar-refractivity contribution is 0.590. The van der Waals surface area contributed by atoms with Crippen LogP contribution in [0.25, 0.3) is 0 Å². The summed E-state index contributed by atoms with van der Waals surface area (Å²) in [6.07, 6.45) is 1.49. The molecule has 0 aliphatic carbocycles. The van der Waals surface area contributed by atoms with Gasteiger partial charge in [0, 0.05) is 12.0 Å². The van der Waals surface area contributed by atoms with Crippen LogP contribution < -0.4 is 16.6 Å². The molecule has 0 fully saturated rings. The molecule has 0 radical (unpaired) electrons. The van der Waals surface area contributed by atoms with Crippen molar-refractivity contribution in [2.45, 2.75) is 26.7 Å². The van der Waals surface area contributed by atoms with Crippen LogP contribution in [0.1, 0.15) is 24.7 Å². The van der Waals surface area contributed by atoms with Gasteiger partial charge in [-0.15, -0.1) is 0 Å². The first-order valence-electron chi connectivity index (χ1n) is 6.62. The van der Waals surface area contributed by atoms with Gasteiger partial charge >= 0.3 is 0 Å². The molecule has 0 amide bonds. The van der Waals surface area contributed by atoms with E-state index in [1.807, 2.05) is 6.92 Å². The van der Waals surface area contributed by atoms with Gasteiger partial charge in [-0.05, 0) is 25.5 Å². The third kappa shape index (κ3) is 3.25. The molecule has 2 rings (SSSR count). The second kappa shape index (κ2) is 6.45. The number of nitrogens with two attached hydrogens (primary N) is 1. The molecule has 0 saturated carbocycles. The van der Waals surface area contributed by atoms with Crippen LogP contribution in [0, 0.1) is 18.6 Å². The molecule has 0 aliphatic heterocycles. The van der Waals surface area contributed by atoms with E-state index >= 15 is 0 Å². The molecule has 7 heteroatoms. The Labute approximate surface area is 121 Å². The molecule has 0 bridgehead atoms. The third-order valence-electron chi connectivity index (χ3n) is 3.01. The van der Waals surface area contributed by atoms with Gasteiger partial charge in [-0.25, -0.2) is 24.6 Å². The summed E-state index contributed by atoms with van der Waals surface area (Å²) in [5, 5.41) is 2.69. The number of aromatic nitrogens is 2. The van der Waals surface area contributed by atoms with Crippen LogP contribution in [0.5, 0.6) is 0 Å². The Kier molecular flexibility index (Phi) is 4.64. The molecule has 0 saturated heterocycles. The van der Waals surface area contributed by atoms with Crippen LogP contribution in [0.3, 0.4) is 0 Å². The minimum Gasteiger partial charge on any atom is -0.335 e. The van der Waals surface area contributed by atoms with Crippen LogP contribution >= 0.6 is 0 Å². The van der Waals surface area contributed by atoms with E-state index in [1.165, 1.54) is 18.2 Å². The monoisotopic (exact) mass is 293 g/mol. The zero-order valence-electron chi connectivity index (χ0n) is 11.9. The number of halogens is 2. The van der Waals surface area contributed by atoms with Crippen molar-refractivity contribution in [3.05, 3.63) is 41.2 Å². The fourth-order valence-electron chi connectivity index (χ4n) is 1.90. The van der Waals surface area contributed by atoms with Gasteiger partial charge < -0.3 is 10.7 Å². The van der Waals surface area contributed by atoms with E-state index in [1.54, 1.807) is 6.92 Å². The topological polar surface area (TPSA) is 75.9 Å². The van der Waals surface area contributed by atoms with Crippen LogP contribution in [0.2, 0.25) is 0 Å². The Bertz CT molecular complexity index is 625. The zero-order chi connectivity index (χ0) is 15.4. The first-order chi connectivity index (χ1) is 10.1. The highest BCUT2D eigenvalue weighted by Gasteiger charge is 2.14. The van der Waals surface area contributed by atoms with E-state index in [0.29, 0.717) is 29.4 Å². The van der Waals surface area contributed by atoms with Crippen LogP contribution in [-0.4, -0.2) is 9.97 Å². The fraction of sp³-hybridized carbons (Fsp3) is 0.286. The number of hydrazine groups is 1. The number of benzene rings is 1. The number of anilines is 3. The summed E-state index contributed by atoms with van der Waals surface area (Å²) in [5.41, 5.74) is 2.81. The first kappa shape index (κ1) is 15.1. The highest BCUT2D eigenvalue weighted by molar-refractivity contribution is 5.65. The number of nitrogen functional groups attached to an aromatic ring is 1. The lowest BCUT2D eigenvalue weighted by Crippen LogP contribution is -2.14. The lowest BCUT2D eigenvalue weighted by atomic mass is 10.2. The smallest absolute Gasteiger partial charge is 0.149 e. The molecule has 1 heterocycles. The SMILES string of the molecule is CCCc1nc(NN)c(C)c(Nc2c(F)cccc2F)n1. The van der Waals surface area contributed by atoms with Crippen LogP contribution in [0.15, 0.2) is 18.2 Å². The van der Waals surface area contributed by atoms with Gasteiger partial charge in [-0.1, -0.05) is 13.0 Å². The molecule has 5 nitrogen and oxygen atoms in total. The second-order valence-electron chi connectivity index (χ2n) is 4.58. The summed E-state index contributed by atoms with van der Waals surface area (Å²) >= 11 is 0. The number of para-hydroxylation sites is 1. The van der Waals surface area contributed by atoms with Crippen molar-refractivity contribution in [3.63, 3.8) is 0 Å². The van der Waals surface area contributed by atoms with Crippen molar-refractivity contribution >= 4 is 17.3 Å². The molecular weight excluding hydrogens is 276 g/mol. The third-order valence-corrected chi connectivity index (χ3v) is 3.01. The maximum absolute atomic E-state index is 13.7. The van der Waals surface area contributed by atoms with E-state index in [-0.39, 0.29) is 5.69 Å². The largest absolute Gasteiger partial charge is 0.335 e. The lowest BCUT2D eigenvalue weighted by Gasteiger charge is -2.14. The van der Waals surface area contributed by atoms with E-state index in [4.69, 9.17) is 5.84 Å². The van der Waals surface area contributed by atoms with E-state index in [9.17, 15) is 8.78 Å². The number of hydrogen-bond donors (Lipinski definition) is 3. The number of nitrogens with one attached hydrogen (secondary N) is 2. The number of nitrogens with zero attached hydrogens (tertiary/aromatic N) is 2. The predicted octanol–water partition coefficient (Wildman–Crippen LogP) is 3.04. The standard InChI is InChI=1S/C14H17F2N5/c1-3-5-11-18-13(8(2)14(19-11)21-17)20-12-9(15)6-4-7-10(12)16/h4,6-7H,3,5,17H2,1-2H3,(H2,18,19,20,21). The summed E-state index contributed by atoms with van der Waals surface area (Å²) in [5.74, 6) is 5.35. The van der Waals surface area contributed by atoms with Crippen molar-refractivity contribution in [1.29, 1.82) is 0 Å². The Morgan fingerprint density at radius 1 is 1.14 bits per heavy atom. The van der Waals surface area contributed by atoms with Gasteiger partial charge in [0.15, 0.2) is 0 Å². The minimum atomic E-state index is -0.688. The average molecular weight is 293 g/mol. The van der Waals surface area contributed by atoms with Crippen molar-refractivity contribution in [2.24, 2.45) is 5.84 Å². The van der Waals surface area contributed by atoms with Crippen molar-refractivity contribution in [1.82, 2.24) is 9.97 Å². The Balaban J connectivity index is 2.45. The Hall–Kier alpha value is -2.28. The molecule has 0 spiro atoms. The first-order valence-corrected chi connectivity index (χ1v) is 6.62. The fourth-order valence-corrected chi connectivity index (χ4v) is 1.90. The highest BCUT2D eigenvalue weighted by Crippen LogP contribution is 2.26. The summed E-state index contributed by atoms with van der Waals surface area (Å²) in [6, 6.07) is 3.66. The van der Waals surface area contributed by atoms with Gasteiger partial charge in [0.2, 0.25) is 0 Å². The summed E-state index contributed by atoms with van der Waals surface area (Å²) in [7, 11) is 0. The zero-order valence-corrected chi connectivity index (χ0v) is 11.9. The summed E-state index contributed by atoms with van der Waals surface area (Å²) in [4.78, 5) is 8.55. The molecule has 21 heavy (non-hydrogen) atoms. The molecule has 0 atom stereocenters. The average Bonchev–Trinajstić information content (AvgIpc) is 2.46. The van der Waals surface area contributed by atoms with Gasteiger partial charge in [0.05, 0.1) is 0 Å². The van der Waals surface area contributed by atoms with Gasteiger partial charge in [0.1, 0.15) is 34.8 Å². The maximum Gasteiger partial charge on any atom is 0.149 e. The number of aryl methyl sites for hydroxylation is 1. The quantitative estimate of drug-likeness (QED) is 0.583. The van der Waals surface area contributed by atoms with Crippen molar-refractivity contribution in [2.75, 3.05) is 10.7 Å². The minimum absolute atomic E-state index is 0.246. The Morgan fingerprint density at radius 3 is 2.33 bits per heavy atom. The van der Waals surface area contributed by atoms with E-state index in [2.05, 4.69) is 20.7 Å². The van der Waals surface area contributed by atoms with Crippen molar-refractivity contribution < 1.29 is 8.78 Å². The maximum atomic E-state index is 13.7. The Morgan fingerprint density at radius 2 is 1.76 bits per heavy atom. The van der Waals surface area contributed by atoms with Crippen LogP contribution in [0.4, 0.5) is 26.1 Å². The van der Waals surface area contributed by atoms with Gasteiger partial charge in [0.25, 0.3) is 0 Å². The molecule has 1 aromatic heterocycles. The van der Waals surface area contributed by atoms with Gasteiger partial charge in [-0.3, -0.25) is 0 Å². The molecule has 4 N–H and O–H groups in total. The summed E-state index contributed by atoms with van der Waals surface area (Å²) < 4.78 is 27.4.